The van der Waals surface area contributed by atoms with Crippen LogP contribution >= 0.6 is 0 Å². The minimum Gasteiger partial charge on any atom is -0.481 e. The molecule has 0 aliphatic carbocycles. The number of carbonyl (C=O) groups excluding carboxylic acids is 1. The van der Waals surface area contributed by atoms with E-state index in [2.05, 4.69) is 24.8 Å². The Morgan fingerprint density at radius 1 is 1.00 bits per heavy atom. The Morgan fingerprint density at radius 2 is 1.71 bits per heavy atom. The van der Waals surface area contributed by atoms with Crippen LogP contribution in [0.1, 0.15) is 114 Å². The SMILES string of the molecule is CC#CCOc1ccc(C[C@H](N)CO)cc1C(C/C=C/C[C@@H](CCO)C(=O)O)CCCCC(=O)CCCCCCC. The first kappa shape index (κ1) is 36.4. The highest BCUT2D eigenvalue weighted by Crippen LogP contribution is 2.35. The number of carbonyl (C=O) groups is 2. The summed E-state index contributed by atoms with van der Waals surface area (Å²) in [5.74, 6) is 5.45. The summed E-state index contributed by atoms with van der Waals surface area (Å²) in [6, 6.07) is 5.64. The van der Waals surface area contributed by atoms with Crippen LogP contribution < -0.4 is 10.5 Å². The quantitative estimate of drug-likeness (QED) is 0.0686. The molecule has 0 bridgehead atoms. The number of Topliss-reactive ketones (excluding diaryl/α,β-unsaturated/α-hetero) is 1. The molecule has 1 aromatic rings. The number of hydrogen-bond donors (Lipinski definition) is 4. The van der Waals surface area contributed by atoms with E-state index >= 15 is 0 Å². The lowest BCUT2D eigenvalue weighted by atomic mass is 9.87. The zero-order chi connectivity index (χ0) is 30.3. The molecule has 7 nitrogen and oxygen atoms in total. The van der Waals surface area contributed by atoms with Gasteiger partial charge in [-0.1, -0.05) is 69.2 Å². The number of carboxylic acids is 1. The van der Waals surface area contributed by atoms with Crippen LogP contribution in [0, 0.1) is 17.8 Å². The average molecular weight is 572 g/mol. The number of aliphatic carboxylic acids is 1. The van der Waals surface area contributed by atoms with Crippen molar-refractivity contribution in [1.29, 1.82) is 0 Å². The predicted molar refractivity (Wildman–Crippen MR) is 165 cm³/mol. The minimum atomic E-state index is -0.907. The molecule has 0 amide bonds. The van der Waals surface area contributed by atoms with Crippen LogP contribution in [-0.4, -0.2) is 52.9 Å². The number of aliphatic hydroxyl groups is 2. The van der Waals surface area contributed by atoms with Crippen molar-refractivity contribution >= 4 is 11.8 Å². The van der Waals surface area contributed by atoms with Crippen molar-refractivity contribution in [2.45, 2.75) is 116 Å². The molecule has 7 heteroatoms. The molecule has 1 unspecified atom stereocenters. The molecule has 0 spiro atoms. The fourth-order valence-corrected chi connectivity index (χ4v) is 4.91. The van der Waals surface area contributed by atoms with Gasteiger partial charge in [-0.2, -0.15) is 0 Å². The number of allylic oxidation sites excluding steroid dienone is 2. The first-order valence-electron chi connectivity index (χ1n) is 15.4. The second-order valence-corrected chi connectivity index (χ2v) is 10.9. The Bertz CT molecular complexity index is 964. The number of rotatable bonds is 24. The molecule has 230 valence electrons. The number of aliphatic hydroxyl groups excluding tert-OH is 2. The van der Waals surface area contributed by atoms with Crippen LogP contribution in [0.4, 0.5) is 0 Å². The summed E-state index contributed by atoms with van der Waals surface area (Å²) in [5.41, 5.74) is 8.06. The van der Waals surface area contributed by atoms with Gasteiger partial charge in [-0.25, -0.2) is 0 Å². The van der Waals surface area contributed by atoms with Gasteiger partial charge in [-0.05, 0) is 75.0 Å². The Hall–Kier alpha value is -2.66. The molecule has 0 saturated carbocycles. The maximum atomic E-state index is 12.4. The van der Waals surface area contributed by atoms with E-state index in [1.165, 1.54) is 19.3 Å². The highest BCUT2D eigenvalue weighted by Gasteiger charge is 2.19. The molecule has 0 aliphatic rings. The molecule has 0 saturated heterocycles. The molecular weight excluding hydrogens is 518 g/mol. The number of unbranched alkanes of at least 4 members (excludes halogenated alkanes) is 5. The van der Waals surface area contributed by atoms with Gasteiger partial charge >= 0.3 is 5.97 Å². The third kappa shape index (κ3) is 16.4. The van der Waals surface area contributed by atoms with Gasteiger partial charge in [0.2, 0.25) is 0 Å². The molecule has 1 rings (SSSR count). The zero-order valence-corrected chi connectivity index (χ0v) is 25.3. The van der Waals surface area contributed by atoms with E-state index in [0.717, 1.165) is 49.0 Å². The lowest BCUT2D eigenvalue weighted by molar-refractivity contribution is -0.142. The minimum absolute atomic E-state index is 0.0893. The van der Waals surface area contributed by atoms with Crippen LogP contribution in [0.3, 0.4) is 0 Å². The normalized spacial score (nSPS) is 13.4. The van der Waals surface area contributed by atoms with Gasteiger partial charge < -0.3 is 25.8 Å². The van der Waals surface area contributed by atoms with E-state index < -0.39 is 11.9 Å². The molecule has 0 aromatic heterocycles. The first-order valence-corrected chi connectivity index (χ1v) is 15.4. The molecule has 0 aliphatic heterocycles. The summed E-state index contributed by atoms with van der Waals surface area (Å²) in [4.78, 5) is 23.9. The van der Waals surface area contributed by atoms with Crippen molar-refractivity contribution < 1.29 is 29.6 Å². The highest BCUT2D eigenvalue weighted by molar-refractivity contribution is 5.78. The highest BCUT2D eigenvalue weighted by atomic mass is 16.5. The zero-order valence-electron chi connectivity index (χ0n) is 25.3. The second kappa shape index (κ2) is 23.0. The van der Waals surface area contributed by atoms with Crippen LogP contribution in [0.5, 0.6) is 5.75 Å². The fraction of sp³-hybridized carbons (Fsp3) is 0.647. The van der Waals surface area contributed by atoms with Crippen molar-refractivity contribution in [2.24, 2.45) is 11.7 Å². The van der Waals surface area contributed by atoms with Crippen molar-refractivity contribution in [1.82, 2.24) is 0 Å². The Labute approximate surface area is 247 Å². The largest absolute Gasteiger partial charge is 0.481 e. The number of hydrogen-bond acceptors (Lipinski definition) is 6. The standard InChI is InChI=1S/C34H53NO6/c1-3-5-7-8-9-17-31(38)18-13-12-15-28(14-10-11-16-29(21-22-36)34(39)40)32-25-27(24-30(35)26-37)19-20-33(32)41-23-6-4-2/h10-11,19-20,25,28-30,36-37H,3,5,7-9,12-18,21-24,26,35H2,1-2H3,(H,39,40)/b11-10+/t28?,29-,30-/m0/s1. The monoisotopic (exact) mass is 571 g/mol. The molecule has 0 fully saturated rings. The van der Waals surface area contributed by atoms with Crippen molar-refractivity contribution in [3.63, 3.8) is 0 Å². The van der Waals surface area contributed by atoms with E-state index in [4.69, 9.17) is 10.5 Å². The smallest absolute Gasteiger partial charge is 0.306 e. The molecule has 41 heavy (non-hydrogen) atoms. The predicted octanol–water partition coefficient (Wildman–Crippen LogP) is 5.94. The number of carboxylic acid groups (broad SMARTS) is 1. The average Bonchev–Trinajstić information content (AvgIpc) is 2.96. The summed E-state index contributed by atoms with van der Waals surface area (Å²) < 4.78 is 6.03. The van der Waals surface area contributed by atoms with Crippen LogP contribution in [0.15, 0.2) is 30.4 Å². The van der Waals surface area contributed by atoms with Crippen LogP contribution in [0.2, 0.25) is 0 Å². The van der Waals surface area contributed by atoms with E-state index in [1.54, 1.807) is 6.92 Å². The Morgan fingerprint density at radius 3 is 2.37 bits per heavy atom. The maximum Gasteiger partial charge on any atom is 0.306 e. The lowest BCUT2D eigenvalue weighted by Gasteiger charge is -2.21. The van der Waals surface area contributed by atoms with Gasteiger partial charge in [0.05, 0.1) is 12.5 Å². The van der Waals surface area contributed by atoms with Crippen LogP contribution in [0.25, 0.3) is 0 Å². The topological polar surface area (TPSA) is 130 Å². The molecule has 1 aromatic carbocycles. The third-order valence-corrected chi connectivity index (χ3v) is 7.38. The summed E-state index contributed by atoms with van der Waals surface area (Å²) >= 11 is 0. The maximum absolute atomic E-state index is 12.4. The summed E-state index contributed by atoms with van der Waals surface area (Å²) in [7, 11) is 0. The molecule has 0 heterocycles. The Balaban J connectivity index is 3.02. The van der Waals surface area contributed by atoms with E-state index in [0.29, 0.717) is 37.9 Å². The third-order valence-electron chi connectivity index (χ3n) is 7.38. The number of benzene rings is 1. The Kier molecular flexibility index (Phi) is 20.4. The van der Waals surface area contributed by atoms with Crippen LogP contribution in [-0.2, 0) is 16.0 Å². The molecule has 3 atom stereocenters. The van der Waals surface area contributed by atoms with Gasteiger partial charge in [0, 0.05) is 25.5 Å². The van der Waals surface area contributed by atoms with E-state index in [-0.39, 0.29) is 38.2 Å². The van der Waals surface area contributed by atoms with Crippen molar-refractivity contribution in [3.05, 3.63) is 41.5 Å². The van der Waals surface area contributed by atoms with Gasteiger partial charge in [-0.15, -0.1) is 5.92 Å². The van der Waals surface area contributed by atoms with Crippen molar-refractivity contribution in [3.8, 4) is 17.6 Å². The fourth-order valence-electron chi connectivity index (χ4n) is 4.91. The first-order chi connectivity index (χ1) is 19.9. The van der Waals surface area contributed by atoms with Gasteiger partial charge in [0.15, 0.2) is 0 Å². The second-order valence-electron chi connectivity index (χ2n) is 10.9. The summed E-state index contributed by atoms with van der Waals surface area (Å²) in [6.07, 6.45) is 15.2. The number of ketones is 1. The molecule has 5 N–H and O–H groups in total. The summed E-state index contributed by atoms with van der Waals surface area (Å²) in [5, 5.41) is 28.1. The van der Waals surface area contributed by atoms with Gasteiger partial charge in [-0.3, -0.25) is 9.59 Å². The molecular formula is C34H53NO6. The summed E-state index contributed by atoms with van der Waals surface area (Å²) in [6.45, 7) is 3.97. The van der Waals surface area contributed by atoms with E-state index in [1.807, 2.05) is 24.3 Å². The van der Waals surface area contributed by atoms with Gasteiger partial charge in [0.25, 0.3) is 0 Å². The number of ether oxygens (including phenoxy) is 1. The van der Waals surface area contributed by atoms with Gasteiger partial charge in [0.1, 0.15) is 18.1 Å². The van der Waals surface area contributed by atoms with Crippen molar-refractivity contribution in [2.75, 3.05) is 19.8 Å². The number of nitrogens with two attached hydrogens (primary N) is 1. The van der Waals surface area contributed by atoms with E-state index in [9.17, 15) is 24.9 Å². The lowest BCUT2D eigenvalue weighted by Crippen LogP contribution is -2.26. The molecule has 0 radical (unpaired) electrons.